The SMILES string of the molecule is COc1cc(C=C(C#N)C(=O)N2CCc3ccccc32)ccc1OCCCOc1cccc(C)c1. The number of para-hydroxylation sites is 1. The molecule has 0 fully saturated rings. The number of hydrogen-bond donors (Lipinski definition) is 0. The lowest BCUT2D eigenvalue weighted by molar-refractivity contribution is -0.114. The van der Waals surface area contributed by atoms with E-state index < -0.39 is 0 Å². The maximum absolute atomic E-state index is 13.1. The van der Waals surface area contributed by atoms with Crippen LogP contribution in [0.1, 0.15) is 23.1 Å². The molecule has 178 valence electrons. The lowest BCUT2D eigenvalue weighted by Gasteiger charge is -2.16. The zero-order chi connectivity index (χ0) is 24.6. The van der Waals surface area contributed by atoms with Crippen LogP contribution in [0.25, 0.3) is 6.08 Å². The molecule has 1 aliphatic rings. The van der Waals surface area contributed by atoms with E-state index in [1.807, 2.05) is 61.5 Å². The van der Waals surface area contributed by atoms with Gasteiger partial charge >= 0.3 is 0 Å². The number of fused-ring (bicyclic) bond motifs is 1. The molecule has 0 radical (unpaired) electrons. The minimum atomic E-state index is -0.301. The van der Waals surface area contributed by atoms with Crippen LogP contribution in [-0.2, 0) is 11.2 Å². The minimum absolute atomic E-state index is 0.0747. The molecule has 0 N–H and O–H groups in total. The summed E-state index contributed by atoms with van der Waals surface area (Å²) in [6.07, 6.45) is 3.09. The molecule has 0 spiro atoms. The van der Waals surface area contributed by atoms with Gasteiger partial charge in [0.05, 0.1) is 20.3 Å². The maximum Gasteiger partial charge on any atom is 0.268 e. The third-order valence-corrected chi connectivity index (χ3v) is 5.79. The fourth-order valence-electron chi connectivity index (χ4n) is 4.03. The summed E-state index contributed by atoms with van der Waals surface area (Å²) in [7, 11) is 1.56. The summed E-state index contributed by atoms with van der Waals surface area (Å²) in [5, 5.41) is 9.68. The molecule has 0 saturated carbocycles. The fraction of sp³-hybridized carbons (Fsp3) is 0.241. The highest BCUT2D eigenvalue weighted by Gasteiger charge is 2.26. The van der Waals surface area contributed by atoms with Crippen molar-refractivity contribution in [2.24, 2.45) is 0 Å². The average Bonchev–Trinajstić information content (AvgIpc) is 3.31. The van der Waals surface area contributed by atoms with Crippen LogP contribution in [0.5, 0.6) is 17.2 Å². The monoisotopic (exact) mass is 468 g/mol. The maximum atomic E-state index is 13.1. The molecule has 0 saturated heterocycles. The van der Waals surface area contributed by atoms with Gasteiger partial charge in [-0.1, -0.05) is 36.4 Å². The van der Waals surface area contributed by atoms with Crippen LogP contribution in [0.15, 0.2) is 72.3 Å². The summed E-state index contributed by atoms with van der Waals surface area (Å²) in [6, 6.07) is 23.1. The van der Waals surface area contributed by atoms with Crippen LogP contribution in [0.2, 0.25) is 0 Å². The fourth-order valence-corrected chi connectivity index (χ4v) is 4.03. The average molecular weight is 469 g/mol. The number of hydrogen-bond acceptors (Lipinski definition) is 5. The second-order valence-electron chi connectivity index (χ2n) is 8.28. The number of carbonyl (C=O) groups excluding carboxylic acids is 1. The summed E-state index contributed by atoms with van der Waals surface area (Å²) in [4.78, 5) is 14.7. The van der Waals surface area contributed by atoms with Crippen molar-refractivity contribution >= 4 is 17.7 Å². The van der Waals surface area contributed by atoms with Crippen LogP contribution < -0.4 is 19.1 Å². The highest BCUT2D eigenvalue weighted by Crippen LogP contribution is 2.31. The molecule has 6 heteroatoms. The van der Waals surface area contributed by atoms with Crippen molar-refractivity contribution in [1.82, 2.24) is 0 Å². The van der Waals surface area contributed by atoms with E-state index in [4.69, 9.17) is 14.2 Å². The molecule has 0 aromatic heterocycles. The van der Waals surface area contributed by atoms with Gasteiger partial charge in [0.1, 0.15) is 17.4 Å². The van der Waals surface area contributed by atoms with E-state index in [1.54, 1.807) is 30.2 Å². The van der Waals surface area contributed by atoms with Crippen molar-refractivity contribution < 1.29 is 19.0 Å². The molecular formula is C29H28N2O4. The van der Waals surface area contributed by atoms with Crippen LogP contribution >= 0.6 is 0 Å². The number of rotatable bonds is 9. The molecule has 3 aromatic carbocycles. The Morgan fingerprint density at radius 2 is 1.86 bits per heavy atom. The van der Waals surface area contributed by atoms with Gasteiger partial charge in [0.25, 0.3) is 5.91 Å². The van der Waals surface area contributed by atoms with Gasteiger partial charge in [-0.15, -0.1) is 0 Å². The van der Waals surface area contributed by atoms with Gasteiger partial charge in [-0.2, -0.15) is 5.26 Å². The third-order valence-electron chi connectivity index (χ3n) is 5.79. The first-order chi connectivity index (χ1) is 17.1. The number of carbonyl (C=O) groups is 1. The topological polar surface area (TPSA) is 71.8 Å². The molecule has 1 amide bonds. The highest BCUT2D eigenvalue weighted by molar-refractivity contribution is 6.12. The van der Waals surface area contributed by atoms with E-state index in [0.29, 0.717) is 43.2 Å². The molecule has 0 unspecified atom stereocenters. The van der Waals surface area contributed by atoms with E-state index in [-0.39, 0.29) is 11.5 Å². The molecular weight excluding hydrogens is 440 g/mol. The quantitative estimate of drug-likeness (QED) is 0.241. The second-order valence-corrected chi connectivity index (χ2v) is 8.28. The number of benzene rings is 3. The molecule has 4 rings (SSSR count). The van der Waals surface area contributed by atoms with Gasteiger partial charge in [0, 0.05) is 18.7 Å². The first kappa shape index (κ1) is 23.9. The Kier molecular flexibility index (Phi) is 7.69. The molecule has 35 heavy (non-hydrogen) atoms. The van der Waals surface area contributed by atoms with E-state index >= 15 is 0 Å². The summed E-state index contributed by atoms with van der Waals surface area (Å²) in [5.74, 6) is 1.68. The Labute approximate surface area is 206 Å². The van der Waals surface area contributed by atoms with Crippen molar-refractivity contribution in [3.05, 3.63) is 89.0 Å². The van der Waals surface area contributed by atoms with Gasteiger partial charge < -0.3 is 19.1 Å². The highest BCUT2D eigenvalue weighted by atomic mass is 16.5. The number of nitrogens with zero attached hydrogens (tertiary/aromatic N) is 2. The number of anilines is 1. The predicted molar refractivity (Wildman–Crippen MR) is 136 cm³/mol. The normalized spacial score (nSPS) is 12.6. The Morgan fingerprint density at radius 1 is 1.03 bits per heavy atom. The lowest BCUT2D eigenvalue weighted by Crippen LogP contribution is -2.29. The number of nitriles is 1. The summed E-state index contributed by atoms with van der Waals surface area (Å²) < 4.78 is 17.1. The number of aryl methyl sites for hydroxylation is 1. The molecule has 0 aliphatic carbocycles. The number of amides is 1. The Bertz CT molecular complexity index is 1280. The van der Waals surface area contributed by atoms with Crippen molar-refractivity contribution in [1.29, 1.82) is 5.26 Å². The van der Waals surface area contributed by atoms with Crippen molar-refractivity contribution in [2.45, 2.75) is 19.8 Å². The van der Waals surface area contributed by atoms with Crippen LogP contribution in [0.4, 0.5) is 5.69 Å². The zero-order valence-corrected chi connectivity index (χ0v) is 20.0. The summed E-state index contributed by atoms with van der Waals surface area (Å²) in [5.41, 5.74) is 3.90. The first-order valence-electron chi connectivity index (χ1n) is 11.6. The molecule has 6 nitrogen and oxygen atoms in total. The second kappa shape index (κ2) is 11.3. The smallest absolute Gasteiger partial charge is 0.268 e. The van der Waals surface area contributed by atoms with Crippen LogP contribution in [-0.4, -0.2) is 32.8 Å². The number of ether oxygens (including phenoxy) is 3. The zero-order valence-electron chi connectivity index (χ0n) is 20.0. The van der Waals surface area contributed by atoms with Crippen molar-refractivity contribution in [3.8, 4) is 23.3 Å². The van der Waals surface area contributed by atoms with Crippen molar-refractivity contribution in [2.75, 3.05) is 31.8 Å². The van der Waals surface area contributed by atoms with Gasteiger partial charge in [-0.3, -0.25) is 4.79 Å². The van der Waals surface area contributed by atoms with Crippen molar-refractivity contribution in [3.63, 3.8) is 0 Å². The van der Waals surface area contributed by atoms with Crippen LogP contribution in [0.3, 0.4) is 0 Å². The molecule has 1 heterocycles. The van der Waals surface area contributed by atoms with E-state index in [9.17, 15) is 10.1 Å². The first-order valence-corrected chi connectivity index (χ1v) is 11.6. The van der Waals surface area contributed by atoms with Gasteiger partial charge in [0.2, 0.25) is 0 Å². The van der Waals surface area contributed by atoms with E-state index in [0.717, 1.165) is 29.0 Å². The third kappa shape index (κ3) is 5.82. The van der Waals surface area contributed by atoms with Gasteiger partial charge in [-0.05, 0) is 66.4 Å². The summed E-state index contributed by atoms with van der Waals surface area (Å²) in [6.45, 7) is 3.61. The Hall–Kier alpha value is -4.24. The molecule has 0 atom stereocenters. The minimum Gasteiger partial charge on any atom is -0.493 e. The van der Waals surface area contributed by atoms with Gasteiger partial charge in [0.15, 0.2) is 11.5 Å². The molecule has 1 aliphatic heterocycles. The largest absolute Gasteiger partial charge is 0.493 e. The summed E-state index contributed by atoms with van der Waals surface area (Å²) >= 11 is 0. The Balaban J connectivity index is 1.38. The van der Waals surface area contributed by atoms with Gasteiger partial charge in [-0.25, -0.2) is 0 Å². The van der Waals surface area contributed by atoms with E-state index in [2.05, 4.69) is 6.07 Å². The lowest BCUT2D eigenvalue weighted by atomic mass is 10.1. The standard InChI is InChI=1S/C29H28N2O4/c1-21-7-5-9-25(17-21)34-15-6-16-35-27-12-11-22(19-28(27)33-2)18-24(20-30)29(32)31-14-13-23-8-3-4-10-26(23)31/h3-5,7-12,17-19H,6,13-16H2,1-2H3. The molecule has 3 aromatic rings. The van der Waals surface area contributed by atoms with Crippen LogP contribution in [0, 0.1) is 18.3 Å². The van der Waals surface area contributed by atoms with E-state index in [1.165, 1.54) is 0 Å². The Morgan fingerprint density at radius 3 is 2.66 bits per heavy atom. The predicted octanol–water partition coefficient (Wildman–Crippen LogP) is 5.35. The number of methoxy groups -OCH3 is 1. The molecule has 0 bridgehead atoms.